The summed E-state index contributed by atoms with van der Waals surface area (Å²) in [6.45, 7) is 9.63. The van der Waals surface area contributed by atoms with Crippen LogP contribution in [0.5, 0.6) is 0 Å². The number of likely N-dealkylation sites (tertiary alicyclic amines) is 1. The fraction of sp³-hybridized carbons (Fsp3) is 0.560. The summed E-state index contributed by atoms with van der Waals surface area (Å²) in [5, 5.41) is 20.3. The van der Waals surface area contributed by atoms with Gasteiger partial charge in [-0.2, -0.15) is 0 Å². The van der Waals surface area contributed by atoms with Gasteiger partial charge in [-0.05, 0) is 31.7 Å². The Labute approximate surface area is 198 Å². The zero-order valence-electron chi connectivity index (χ0n) is 19.3. The second-order valence-corrected chi connectivity index (χ2v) is 11.2. The first-order valence-corrected chi connectivity index (χ1v) is 12.4. The van der Waals surface area contributed by atoms with Gasteiger partial charge in [-0.1, -0.05) is 43.3 Å². The molecule has 0 saturated carbocycles. The lowest BCUT2D eigenvalue weighted by molar-refractivity contribution is -0.150. The van der Waals surface area contributed by atoms with E-state index in [2.05, 4.69) is 6.58 Å². The predicted octanol–water partition coefficient (Wildman–Crippen LogP) is 2.56. The lowest BCUT2D eigenvalue weighted by Crippen LogP contribution is -2.58. The van der Waals surface area contributed by atoms with E-state index in [9.17, 15) is 24.6 Å². The van der Waals surface area contributed by atoms with E-state index in [0.29, 0.717) is 13.0 Å². The third kappa shape index (κ3) is 3.41. The molecule has 7 nitrogen and oxygen atoms in total. The number of nitrogens with zero attached hydrogens (tertiary/aromatic N) is 2. The molecular weight excluding hydrogens is 440 g/mol. The zero-order chi connectivity index (χ0) is 24.1. The van der Waals surface area contributed by atoms with Crippen LogP contribution in [0, 0.1) is 17.8 Å². The van der Waals surface area contributed by atoms with Gasteiger partial charge in [-0.25, -0.2) is 0 Å². The minimum atomic E-state index is -0.986. The van der Waals surface area contributed by atoms with Crippen molar-refractivity contribution in [1.29, 1.82) is 0 Å². The molecule has 1 aromatic rings. The Bertz CT molecular complexity index is 953. The van der Waals surface area contributed by atoms with Crippen LogP contribution in [0.15, 0.2) is 43.0 Å². The van der Waals surface area contributed by atoms with Crippen molar-refractivity contribution in [2.45, 2.75) is 55.3 Å². The fourth-order valence-corrected chi connectivity index (χ4v) is 8.63. The first kappa shape index (κ1) is 23.8. The largest absolute Gasteiger partial charge is 0.481 e. The Morgan fingerprint density at radius 2 is 2.00 bits per heavy atom. The summed E-state index contributed by atoms with van der Waals surface area (Å²) in [5.41, 5.74) is 0.724. The number of carbonyl (C=O) groups is 3. The van der Waals surface area contributed by atoms with E-state index in [4.69, 9.17) is 0 Å². The van der Waals surface area contributed by atoms with Gasteiger partial charge in [-0.3, -0.25) is 14.4 Å². The molecule has 0 aliphatic carbocycles. The van der Waals surface area contributed by atoms with Crippen molar-refractivity contribution in [3.63, 3.8) is 0 Å². The van der Waals surface area contributed by atoms with Gasteiger partial charge in [0.15, 0.2) is 0 Å². The number of aliphatic hydroxyl groups is 1. The number of amides is 2. The van der Waals surface area contributed by atoms with E-state index in [1.807, 2.05) is 51.1 Å². The lowest BCUT2D eigenvalue weighted by Gasteiger charge is -2.42. The number of rotatable bonds is 8. The van der Waals surface area contributed by atoms with Crippen LogP contribution < -0.4 is 0 Å². The van der Waals surface area contributed by atoms with Crippen LogP contribution in [-0.4, -0.2) is 73.0 Å². The smallest absolute Gasteiger partial charge is 0.308 e. The number of carboxylic acids is 1. The maximum atomic E-state index is 14.2. The molecule has 3 fully saturated rings. The number of carboxylic acid groups (broad SMARTS) is 1. The number of carbonyl (C=O) groups excluding carboxylic acids is 2. The molecule has 3 saturated heterocycles. The first-order valence-electron chi connectivity index (χ1n) is 11.5. The van der Waals surface area contributed by atoms with Crippen molar-refractivity contribution >= 4 is 29.5 Å². The van der Waals surface area contributed by atoms with Gasteiger partial charge >= 0.3 is 5.97 Å². The highest BCUT2D eigenvalue weighted by Gasteiger charge is 2.77. The molecule has 1 spiro atoms. The number of fused-ring (bicyclic) bond motifs is 1. The Morgan fingerprint density at radius 3 is 2.55 bits per heavy atom. The van der Waals surface area contributed by atoms with Gasteiger partial charge in [-0.15, -0.1) is 18.3 Å². The molecule has 7 atom stereocenters. The third-order valence-corrected chi connectivity index (χ3v) is 9.70. The van der Waals surface area contributed by atoms with Crippen LogP contribution in [0.2, 0.25) is 0 Å². The van der Waals surface area contributed by atoms with Crippen molar-refractivity contribution in [3.05, 3.63) is 48.6 Å². The van der Waals surface area contributed by atoms with Crippen molar-refractivity contribution in [1.82, 2.24) is 9.80 Å². The van der Waals surface area contributed by atoms with Gasteiger partial charge < -0.3 is 20.0 Å². The number of thioether (sulfide) groups is 1. The maximum absolute atomic E-state index is 14.2. The van der Waals surface area contributed by atoms with E-state index in [-0.39, 0.29) is 35.6 Å². The van der Waals surface area contributed by atoms with Crippen LogP contribution in [0.25, 0.3) is 0 Å². The maximum Gasteiger partial charge on any atom is 0.308 e. The second-order valence-electron chi connectivity index (χ2n) is 9.62. The summed E-state index contributed by atoms with van der Waals surface area (Å²) >= 11 is 1.51. The average Bonchev–Trinajstić information content (AvgIpc) is 3.37. The lowest BCUT2D eigenvalue weighted by atomic mass is 9.66. The summed E-state index contributed by atoms with van der Waals surface area (Å²) in [6, 6.07) is 7.45. The van der Waals surface area contributed by atoms with E-state index in [0.717, 1.165) is 5.56 Å². The fourth-order valence-electron chi connectivity index (χ4n) is 6.24. The molecule has 1 aromatic carbocycles. The van der Waals surface area contributed by atoms with Crippen molar-refractivity contribution in [2.24, 2.45) is 17.8 Å². The molecule has 178 valence electrons. The molecule has 3 unspecified atom stereocenters. The summed E-state index contributed by atoms with van der Waals surface area (Å²) in [7, 11) is 0. The molecule has 8 heteroatoms. The van der Waals surface area contributed by atoms with Crippen molar-refractivity contribution in [2.75, 3.05) is 13.2 Å². The second kappa shape index (κ2) is 8.80. The Hall–Kier alpha value is -2.32. The van der Waals surface area contributed by atoms with Gasteiger partial charge in [0, 0.05) is 17.8 Å². The SMILES string of the molecule is C=CCN(C(=O)C1N([C@H](CO)c2ccccc2)C(=O)[C@@H]2[C@H](C(=O)O)[C@@H]3CC(C)C12S3)C(C)C. The standard InChI is InChI=1S/C25H32N2O5S/c1-5-11-26(14(2)3)23(30)21-25-15(4)12-18(33-25)19(24(31)32)20(25)22(29)27(21)17(13-28)16-9-7-6-8-10-16/h5-10,14-15,17-21,28H,1,11-13H2,2-4H3,(H,31,32)/t15?,17-,18+,19-,20+,21?,25?/m1/s1. The van der Waals surface area contributed by atoms with E-state index < -0.39 is 34.6 Å². The molecule has 0 radical (unpaired) electrons. The molecule has 4 rings (SSSR count). The minimum absolute atomic E-state index is 0.0103. The van der Waals surface area contributed by atoms with Crippen LogP contribution in [0.1, 0.15) is 38.8 Å². The van der Waals surface area contributed by atoms with Crippen LogP contribution in [0.3, 0.4) is 0 Å². The Morgan fingerprint density at radius 1 is 1.33 bits per heavy atom. The molecular formula is C25H32N2O5S. The highest BCUT2D eigenvalue weighted by atomic mass is 32.2. The molecule has 2 N–H and O–H groups in total. The quantitative estimate of drug-likeness (QED) is 0.565. The van der Waals surface area contributed by atoms with Gasteiger partial charge in [0.1, 0.15) is 6.04 Å². The van der Waals surface area contributed by atoms with Crippen LogP contribution >= 0.6 is 11.8 Å². The first-order chi connectivity index (χ1) is 15.7. The highest BCUT2D eigenvalue weighted by Crippen LogP contribution is 2.69. The Balaban J connectivity index is 1.89. The number of hydrogen-bond donors (Lipinski definition) is 2. The molecule has 2 amide bonds. The number of aliphatic carboxylic acids is 1. The third-order valence-electron chi connectivity index (χ3n) is 7.63. The van der Waals surface area contributed by atoms with Gasteiger partial charge in [0.25, 0.3) is 0 Å². The number of aliphatic hydroxyl groups excluding tert-OH is 1. The van der Waals surface area contributed by atoms with Crippen LogP contribution in [-0.2, 0) is 14.4 Å². The van der Waals surface area contributed by atoms with E-state index >= 15 is 0 Å². The predicted molar refractivity (Wildman–Crippen MR) is 126 cm³/mol. The van der Waals surface area contributed by atoms with Crippen molar-refractivity contribution in [3.8, 4) is 0 Å². The van der Waals surface area contributed by atoms with Gasteiger partial charge in [0.05, 0.1) is 29.2 Å². The molecule has 3 aliphatic rings. The summed E-state index contributed by atoms with van der Waals surface area (Å²) in [6.07, 6.45) is 2.32. The summed E-state index contributed by atoms with van der Waals surface area (Å²) < 4.78 is -0.835. The summed E-state index contributed by atoms with van der Waals surface area (Å²) in [4.78, 5) is 43.7. The topological polar surface area (TPSA) is 98.2 Å². The average molecular weight is 473 g/mol. The molecule has 0 aromatic heterocycles. The monoisotopic (exact) mass is 472 g/mol. The van der Waals surface area contributed by atoms with Crippen molar-refractivity contribution < 1.29 is 24.6 Å². The Kier molecular flexibility index (Phi) is 6.35. The molecule has 33 heavy (non-hydrogen) atoms. The van der Waals surface area contributed by atoms with E-state index in [1.54, 1.807) is 11.0 Å². The molecule has 3 heterocycles. The normalized spacial score (nSPS) is 33.3. The number of hydrogen-bond acceptors (Lipinski definition) is 5. The summed E-state index contributed by atoms with van der Waals surface area (Å²) in [5.74, 6) is -3.17. The number of benzene rings is 1. The van der Waals surface area contributed by atoms with Crippen LogP contribution in [0.4, 0.5) is 0 Å². The van der Waals surface area contributed by atoms with E-state index in [1.165, 1.54) is 16.7 Å². The molecule has 3 aliphatic heterocycles. The zero-order valence-corrected chi connectivity index (χ0v) is 20.1. The van der Waals surface area contributed by atoms with Gasteiger partial charge in [0.2, 0.25) is 11.8 Å². The minimum Gasteiger partial charge on any atom is -0.481 e. The highest BCUT2D eigenvalue weighted by molar-refractivity contribution is 8.02. The molecule has 2 bridgehead atoms.